The molecule has 19 heavy (non-hydrogen) atoms. The minimum absolute atomic E-state index is 0.0817. The fourth-order valence-electron chi connectivity index (χ4n) is 1.83. The zero-order chi connectivity index (χ0) is 13.5. The molecular formula is C13H16N4O2. The van der Waals surface area contributed by atoms with Crippen molar-refractivity contribution in [3.05, 3.63) is 39.9 Å². The molecule has 1 aromatic carbocycles. The second-order valence-corrected chi connectivity index (χ2v) is 4.36. The van der Waals surface area contributed by atoms with Crippen LogP contribution in [-0.2, 0) is 0 Å². The van der Waals surface area contributed by atoms with Crippen LogP contribution in [0.2, 0.25) is 0 Å². The number of non-ortho nitro benzene ring substituents is 1. The Balaban J connectivity index is 1.91. The summed E-state index contributed by atoms with van der Waals surface area (Å²) >= 11 is 0. The first kappa shape index (κ1) is 13.2. The van der Waals surface area contributed by atoms with Crippen molar-refractivity contribution < 1.29 is 4.92 Å². The Bertz CT molecular complexity index is 494. The fraction of sp³-hybridized carbons (Fsp3) is 0.385. The first-order valence-electron chi connectivity index (χ1n) is 6.32. The first-order valence-corrected chi connectivity index (χ1v) is 6.32. The molecule has 0 fully saturated rings. The van der Waals surface area contributed by atoms with E-state index in [0.29, 0.717) is 0 Å². The minimum Gasteiger partial charge on any atom is -0.271 e. The van der Waals surface area contributed by atoms with E-state index in [-0.39, 0.29) is 5.69 Å². The highest BCUT2D eigenvalue weighted by Gasteiger charge is 2.03. The van der Waals surface area contributed by atoms with Crippen molar-refractivity contribution in [2.24, 2.45) is 10.1 Å². The largest absolute Gasteiger partial charge is 0.271 e. The Morgan fingerprint density at radius 1 is 1.26 bits per heavy atom. The van der Waals surface area contributed by atoms with E-state index < -0.39 is 4.92 Å². The summed E-state index contributed by atoms with van der Waals surface area (Å²) in [5, 5.41) is 14.6. The lowest BCUT2D eigenvalue weighted by molar-refractivity contribution is -0.384. The zero-order valence-corrected chi connectivity index (χ0v) is 10.6. The van der Waals surface area contributed by atoms with Crippen molar-refractivity contribution in [2.75, 3.05) is 6.54 Å². The number of hydrazone groups is 1. The van der Waals surface area contributed by atoms with Crippen molar-refractivity contribution >= 4 is 17.7 Å². The van der Waals surface area contributed by atoms with Gasteiger partial charge in [-0.1, -0.05) is 6.42 Å². The number of amidine groups is 1. The van der Waals surface area contributed by atoms with Crippen molar-refractivity contribution in [3.8, 4) is 0 Å². The molecule has 2 rings (SSSR count). The molecule has 100 valence electrons. The van der Waals surface area contributed by atoms with Gasteiger partial charge in [0.15, 0.2) is 0 Å². The lowest BCUT2D eigenvalue weighted by atomic mass is 10.2. The molecule has 0 saturated carbocycles. The average Bonchev–Trinajstić information content (AvgIpc) is 2.68. The Kier molecular flexibility index (Phi) is 4.60. The van der Waals surface area contributed by atoms with Crippen LogP contribution in [0.5, 0.6) is 0 Å². The third-order valence-electron chi connectivity index (χ3n) is 2.89. The molecule has 0 aromatic heterocycles. The van der Waals surface area contributed by atoms with E-state index >= 15 is 0 Å². The standard InChI is InChI=1S/C13H16N4O2/c18-17(19)12-7-5-11(6-8-12)10-15-16-13-4-2-1-3-9-14-13/h5-8,10H,1-4,9H2,(H,14,16)/b15-10+. The number of nitro benzene ring substituents is 1. The summed E-state index contributed by atoms with van der Waals surface area (Å²) in [6, 6.07) is 6.26. The Labute approximate surface area is 111 Å². The molecule has 1 aliphatic heterocycles. The average molecular weight is 260 g/mol. The molecule has 0 amide bonds. The summed E-state index contributed by atoms with van der Waals surface area (Å²) in [5.41, 5.74) is 3.83. The van der Waals surface area contributed by atoms with Gasteiger partial charge in [0.1, 0.15) is 5.84 Å². The van der Waals surface area contributed by atoms with E-state index in [4.69, 9.17) is 0 Å². The summed E-state index contributed by atoms with van der Waals surface area (Å²) in [6.45, 7) is 0.857. The molecule has 0 atom stereocenters. The van der Waals surface area contributed by atoms with Gasteiger partial charge in [-0.2, -0.15) is 5.10 Å². The predicted molar refractivity (Wildman–Crippen MR) is 74.6 cm³/mol. The van der Waals surface area contributed by atoms with Crippen molar-refractivity contribution in [3.63, 3.8) is 0 Å². The van der Waals surface area contributed by atoms with Gasteiger partial charge in [0.05, 0.1) is 11.1 Å². The Morgan fingerprint density at radius 2 is 2.05 bits per heavy atom. The number of nitrogens with zero attached hydrogens (tertiary/aromatic N) is 3. The molecule has 0 unspecified atom stereocenters. The molecule has 1 aromatic rings. The van der Waals surface area contributed by atoms with Crippen LogP contribution < -0.4 is 5.43 Å². The summed E-state index contributed by atoms with van der Waals surface area (Å²) in [7, 11) is 0. The smallest absolute Gasteiger partial charge is 0.269 e. The third kappa shape index (κ3) is 4.17. The lowest BCUT2D eigenvalue weighted by Gasteiger charge is -2.01. The molecule has 0 spiro atoms. The molecule has 0 aliphatic carbocycles. The summed E-state index contributed by atoms with van der Waals surface area (Å²) in [6.07, 6.45) is 6.05. The van der Waals surface area contributed by atoms with E-state index in [1.54, 1.807) is 18.3 Å². The molecule has 0 radical (unpaired) electrons. The maximum absolute atomic E-state index is 10.5. The normalized spacial score (nSPS) is 15.9. The van der Waals surface area contributed by atoms with Crippen molar-refractivity contribution in [1.29, 1.82) is 0 Å². The van der Waals surface area contributed by atoms with Gasteiger partial charge < -0.3 is 0 Å². The van der Waals surface area contributed by atoms with E-state index in [9.17, 15) is 10.1 Å². The second kappa shape index (κ2) is 6.63. The molecule has 1 N–H and O–H groups in total. The van der Waals surface area contributed by atoms with Crippen LogP contribution in [0.1, 0.15) is 31.2 Å². The van der Waals surface area contributed by atoms with Crippen LogP contribution in [0.3, 0.4) is 0 Å². The maximum Gasteiger partial charge on any atom is 0.269 e. The van der Waals surface area contributed by atoms with Crippen LogP contribution >= 0.6 is 0 Å². The van der Waals surface area contributed by atoms with Crippen LogP contribution in [0.15, 0.2) is 34.4 Å². The SMILES string of the molecule is O=[N+]([O-])c1ccc(/C=N/NC2=NCCCCC2)cc1. The van der Waals surface area contributed by atoms with Crippen LogP contribution in [-0.4, -0.2) is 23.5 Å². The lowest BCUT2D eigenvalue weighted by Crippen LogP contribution is -2.17. The van der Waals surface area contributed by atoms with E-state index in [1.165, 1.54) is 18.6 Å². The monoisotopic (exact) mass is 260 g/mol. The molecule has 0 saturated heterocycles. The summed E-state index contributed by atoms with van der Waals surface area (Å²) in [4.78, 5) is 14.5. The topological polar surface area (TPSA) is 79.9 Å². The van der Waals surface area contributed by atoms with E-state index in [2.05, 4.69) is 15.5 Å². The third-order valence-corrected chi connectivity index (χ3v) is 2.89. The van der Waals surface area contributed by atoms with Crippen LogP contribution in [0.4, 0.5) is 5.69 Å². The highest BCUT2D eigenvalue weighted by Crippen LogP contribution is 2.10. The number of aliphatic imine (C=N–C) groups is 1. The van der Waals surface area contributed by atoms with Gasteiger partial charge in [-0.05, 0) is 30.5 Å². The number of nitrogens with one attached hydrogen (secondary N) is 1. The van der Waals surface area contributed by atoms with E-state index in [0.717, 1.165) is 37.2 Å². The number of rotatable bonds is 3. The number of benzene rings is 1. The predicted octanol–water partition coefficient (Wildman–Crippen LogP) is 2.49. The quantitative estimate of drug-likeness (QED) is 0.515. The zero-order valence-electron chi connectivity index (χ0n) is 10.6. The number of nitro groups is 1. The molecule has 1 heterocycles. The molecule has 0 bridgehead atoms. The fourth-order valence-corrected chi connectivity index (χ4v) is 1.83. The summed E-state index contributed by atoms with van der Waals surface area (Å²) in [5.74, 6) is 0.913. The minimum atomic E-state index is -0.417. The van der Waals surface area contributed by atoms with Crippen LogP contribution in [0.25, 0.3) is 0 Å². The van der Waals surface area contributed by atoms with Gasteiger partial charge in [-0.15, -0.1) is 0 Å². The number of hydrogen-bond acceptors (Lipinski definition) is 5. The maximum atomic E-state index is 10.5. The van der Waals surface area contributed by atoms with Gasteiger partial charge in [0.25, 0.3) is 5.69 Å². The molecule has 6 heteroatoms. The van der Waals surface area contributed by atoms with Gasteiger partial charge in [-0.3, -0.25) is 20.5 Å². The molecule has 6 nitrogen and oxygen atoms in total. The Hall–Kier alpha value is -2.24. The van der Waals surface area contributed by atoms with Gasteiger partial charge in [0, 0.05) is 25.1 Å². The second-order valence-electron chi connectivity index (χ2n) is 4.36. The van der Waals surface area contributed by atoms with Crippen LogP contribution in [0, 0.1) is 10.1 Å². The Morgan fingerprint density at radius 3 is 2.79 bits per heavy atom. The highest BCUT2D eigenvalue weighted by atomic mass is 16.6. The van der Waals surface area contributed by atoms with Crippen molar-refractivity contribution in [2.45, 2.75) is 25.7 Å². The van der Waals surface area contributed by atoms with Gasteiger partial charge >= 0.3 is 0 Å². The molecular weight excluding hydrogens is 244 g/mol. The van der Waals surface area contributed by atoms with Gasteiger partial charge in [-0.25, -0.2) is 0 Å². The van der Waals surface area contributed by atoms with E-state index in [1.807, 2.05) is 0 Å². The highest BCUT2D eigenvalue weighted by molar-refractivity contribution is 5.85. The first-order chi connectivity index (χ1) is 9.25. The summed E-state index contributed by atoms with van der Waals surface area (Å²) < 4.78 is 0. The number of hydrogen-bond donors (Lipinski definition) is 1. The molecule has 1 aliphatic rings. The van der Waals surface area contributed by atoms with Gasteiger partial charge in [0.2, 0.25) is 0 Å². The van der Waals surface area contributed by atoms with Crippen molar-refractivity contribution in [1.82, 2.24) is 5.43 Å².